The van der Waals surface area contributed by atoms with Gasteiger partial charge in [0.25, 0.3) is 0 Å². The Hall–Kier alpha value is -2.34. The number of amides is 1. The fourth-order valence-electron chi connectivity index (χ4n) is 3.19. The van der Waals surface area contributed by atoms with Crippen molar-refractivity contribution < 1.29 is 19.0 Å². The monoisotopic (exact) mass is 401 g/mol. The summed E-state index contributed by atoms with van der Waals surface area (Å²) < 4.78 is 16.7. The second kappa shape index (κ2) is 9.73. The Bertz CT molecular complexity index is 788. The van der Waals surface area contributed by atoms with Gasteiger partial charge in [-0.1, -0.05) is 0 Å². The molecule has 0 spiro atoms. The van der Waals surface area contributed by atoms with Gasteiger partial charge in [-0.2, -0.15) is 0 Å². The van der Waals surface area contributed by atoms with Gasteiger partial charge in [-0.05, 0) is 69.0 Å². The van der Waals surface area contributed by atoms with Gasteiger partial charge in [0, 0.05) is 16.6 Å². The first kappa shape index (κ1) is 20.4. The lowest BCUT2D eigenvalue weighted by atomic mass is 10.2. The van der Waals surface area contributed by atoms with E-state index >= 15 is 0 Å². The average Bonchev–Trinajstić information content (AvgIpc) is 3.22. The van der Waals surface area contributed by atoms with E-state index in [1.165, 1.54) is 24.6 Å². The fraction of sp³-hybridized carbons (Fsp3) is 0.409. The van der Waals surface area contributed by atoms with E-state index in [9.17, 15) is 4.79 Å². The number of benzene rings is 2. The number of hydrogen-bond acceptors (Lipinski definition) is 5. The molecule has 0 aliphatic heterocycles. The van der Waals surface area contributed by atoms with E-state index in [1.54, 1.807) is 14.2 Å². The van der Waals surface area contributed by atoms with Gasteiger partial charge in [-0.3, -0.25) is 4.79 Å². The molecule has 3 rings (SSSR count). The van der Waals surface area contributed by atoms with Crippen LogP contribution < -0.4 is 19.5 Å². The van der Waals surface area contributed by atoms with Gasteiger partial charge in [0.15, 0.2) is 11.5 Å². The number of carbonyl (C=O) groups excluding carboxylic acids is 1. The first-order valence-corrected chi connectivity index (χ1v) is 10.4. The number of rotatable bonds is 8. The van der Waals surface area contributed by atoms with Crippen molar-refractivity contribution >= 4 is 23.4 Å². The van der Waals surface area contributed by atoms with Crippen LogP contribution in [-0.2, 0) is 4.79 Å². The molecule has 0 radical (unpaired) electrons. The van der Waals surface area contributed by atoms with Crippen molar-refractivity contribution in [2.24, 2.45) is 0 Å². The highest BCUT2D eigenvalue weighted by Gasteiger charge is 2.20. The molecule has 1 amide bonds. The maximum absolute atomic E-state index is 12.6. The van der Waals surface area contributed by atoms with Gasteiger partial charge in [0.1, 0.15) is 5.75 Å². The van der Waals surface area contributed by atoms with E-state index < -0.39 is 0 Å². The smallest absolute Gasteiger partial charge is 0.237 e. The summed E-state index contributed by atoms with van der Waals surface area (Å²) in [5.74, 6) is 2.11. The maximum Gasteiger partial charge on any atom is 0.237 e. The van der Waals surface area contributed by atoms with Crippen LogP contribution in [0.1, 0.15) is 32.6 Å². The quantitative estimate of drug-likeness (QED) is 0.620. The summed E-state index contributed by atoms with van der Waals surface area (Å²) in [6, 6.07) is 13.2. The highest BCUT2D eigenvalue weighted by atomic mass is 32.2. The predicted octanol–water partition coefficient (Wildman–Crippen LogP) is 5.14. The molecule has 2 aromatic carbocycles. The lowest BCUT2D eigenvalue weighted by Crippen LogP contribution is -2.22. The Morgan fingerprint density at radius 1 is 1.04 bits per heavy atom. The summed E-state index contributed by atoms with van der Waals surface area (Å²) in [5, 5.41) is 2.74. The molecule has 1 atom stereocenters. The lowest BCUT2D eigenvalue weighted by molar-refractivity contribution is -0.115. The van der Waals surface area contributed by atoms with Gasteiger partial charge in [0.2, 0.25) is 5.91 Å². The number of carbonyl (C=O) groups is 1. The summed E-state index contributed by atoms with van der Waals surface area (Å²) in [7, 11) is 3.26. The Kier molecular flexibility index (Phi) is 7.09. The molecular formula is C22H27NO4S. The zero-order valence-electron chi connectivity index (χ0n) is 16.6. The Morgan fingerprint density at radius 3 is 2.39 bits per heavy atom. The second-order valence-corrected chi connectivity index (χ2v) is 8.23. The van der Waals surface area contributed by atoms with Crippen LogP contribution >= 0.6 is 11.8 Å². The number of nitrogens with one attached hydrogen (secondary N) is 1. The lowest BCUT2D eigenvalue weighted by Gasteiger charge is -2.18. The largest absolute Gasteiger partial charge is 0.497 e. The van der Waals surface area contributed by atoms with Crippen molar-refractivity contribution in [3.05, 3.63) is 42.5 Å². The molecule has 0 bridgehead atoms. The zero-order chi connectivity index (χ0) is 19.9. The van der Waals surface area contributed by atoms with Crippen molar-refractivity contribution in [2.75, 3.05) is 19.5 Å². The molecule has 1 N–H and O–H groups in total. The van der Waals surface area contributed by atoms with Crippen molar-refractivity contribution in [1.29, 1.82) is 0 Å². The molecule has 0 saturated heterocycles. The highest BCUT2D eigenvalue weighted by Crippen LogP contribution is 2.34. The summed E-state index contributed by atoms with van der Waals surface area (Å²) in [6.07, 6.45) is 4.75. The van der Waals surface area contributed by atoms with Gasteiger partial charge in [-0.25, -0.2) is 0 Å². The molecule has 1 unspecified atom stereocenters. The first-order valence-electron chi connectivity index (χ1n) is 9.55. The summed E-state index contributed by atoms with van der Waals surface area (Å²) >= 11 is 1.50. The molecule has 1 aliphatic carbocycles. The molecule has 6 heteroatoms. The zero-order valence-corrected chi connectivity index (χ0v) is 17.4. The minimum atomic E-state index is -0.241. The molecule has 2 aromatic rings. The van der Waals surface area contributed by atoms with Crippen molar-refractivity contribution in [2.45, 2.75) is 48.9 Å². The molecule has 1 aliphatic rings. The molecule has 0 heterocycles. The average molecular weight is 402 g/mol. The van der Waals surface area contributed by atoms with E-state index in [-0.39, 0.29) is 17.3 Å². The van der Waals surface area contributed by atoms with Gasteiger partial charge in [-0.15, -0.1) is 11.8 Å². The predicted molar refractivity (Wildman–Crippen MR) is 113 cm³/mol. The van der Waals surface area contributed by atoms with Gasteiger partial charge in [0.05, 0.1) is 25.6 Å². The van der Waals surface area contributed by atoms with Crippen LogP contribution in [0.2, 0.25) is 0 Å². The minimum absolute atomic E-state index is 0.0576. The SMILES string of the molecule is COc1ccc(SC(C)C(=O)Nc2ccc(OC)c(OC3CCCC3)c2)cc1. The molecular weight excluding hydrogens is 374 g/mol. The van der Waals surface area contributed by atoms with Gasteiger partial charge < -0.3 is 19.5 Å². The van der Waals surface area contributed by atoms with Crippen molar-refractivity contribution in [3.63, 3.8) is 0 Å². The topological polar surface area (TPSA) is 56.8 Å². The Morgan fingerprint density at radius 2 is 1.75 bits per heavy atom. The van der Waals surface area contributed by atoms with Gasteiger partial charge >= 0.3 is 0 Å². The molecule has 0 aromatic heterocycles. The Balaban J connectivity index is 1.63. The number of hydrogen-bond donors (Lipinski definition) is 1. The van der Waals surface area contributed by atoms with Crippen LogP contribution in [0, 0.1) is 0 Å². The van der Waals surface area contributed by atoms with Crippen LogP contribution in [0.15, 0.2) is 47.4 Å². The van der Waals surface area contributed by atoms with E-state index in [0.29, 0.717) is 17.2 Å². The number of methoxy groups -OCH3 is 2. The standard InChI is InChI=1S/C22H27NO4S/c1-15(28-19-11-9-17(25-2)10-12-19)22(24)23-16-8-13-20(26-3)21(14-16)27-18-6-4-5-7-18/h8-15,18H,4-7H2,1-3H3,(H,23,24). The van der Waals surface area contributed by atoms with Crippen molar-refractivity contribution in [3.8, 4) is 17.2 Å². The van der Waals surface area contributed by atoms with Crippen LogP contribution in [0.5, 0.6) is 17.2 Å². The second-order valence-electron chi connectivity index (χ2n) is 6.81. The third-order valence-electron chi connectivity index (χ3n) is 4.77. The van der Waals surface area contributed by atoms with E-state index in [2.05, 4.69) is 5.32 Å². The van der Waals surface area contributed by atoms with Crippen LogP contribution in [0.4, 0.5) is 5.69 Å². The third kappa shape index (κ3) is 5.35. The number of anilines is 1. The summed E-state index contributed by atoms with van der Waals surface area (Å²) in [4.78, 5) is 13.6. The minimum Gasteiger partial charge on any atom is -0.497 e. The van der Waals surface area contributed by atoms with Crippen LogP contribution in [0.3, 0.4) is 0 Å². The normalized spacial score (nSPS) is 15.1. The molecule has 150 valence electrons. The molecule has 28 heavy (non-hydrogen) atoms. The fourth-order valence-corrected chi connectivity index (χ4v) is 4.06. The molecule has 1 saturated carbocycles. The van der Waals surface area contributed by atoms with E-state index in [1.807, 2.05) is 49.4 Å². The van der Waals surface area contributed by atoms with E-state index in [4.69, 9.17) is 14.2 Å². The molecule has 5 nitrogen and oxygen atoms in total. The first-order chi connectivity index (χ1) is 13.6. The van der Waals surface area contributed by atoms with E-state index in [0.717, 1.165) is 23.5 Å². The third-order valence-corrected chi connectivity index (χ3v) is 5.88. The summed E-state index contributed by atoms with van der Waals surface area (Å²) in [5.41, 5.74) is 0.709. The Labute approximate surface area is 170 Å². The van der Waals surface area contributed by atoms with Crippen LogP contribution in [-0.4, -0.2) is 31.5 Å². The summed E-state index contributed by atoms with van der Waals surface area (Å²) in [6.45, 7) is 1.89. The van der Waals surface area contributed by atoms with Crippen molar-refractivity contribution in [1.82, 2.24) is 0 Å². The van der Waals surface area contributed by atoms with Crippen LogP contribution in [0.25, 0.3) is 0 Å². The highest BCUT2D eigenvalue weighted by molar-refractivity contribution is 8.00. The number of ether oxygens (including phenoxy) is 3. The maximum atomic E-state index is 12.6. The molecule has 1 fully saturated rings. The number of thioether (sulfide) groups is 1.